The third kappa shape index (κ3) is 3.11. The summed E-state index contributed by atoms with van der Waals surface area (Å²) >= 11 is 0. The van der Waals surface area contributed by atoms with E-state index in [1.54, 1.807) is 18.2 Å². The minimum Gasteiger partial charge on any atom is -0.396 e. The summed E-state index contributed by atoms with van der Waals surface area (Å²) in [4.78, 5) is 11.5. The molecule has 94 valence electrons. The van der Waals surface area contributed by atoms with Crippen LogP contribution in [0.1, 0.15) is 12.8 Å². The van der Waals surface area contributed by atoms with E-state index in [-0.39, 0.29) is 12.5 Å². The van der Waals surface area contributed by atoms with Crippen LogP contribution in [0, 0.1) is 0 Å². The molecule has 2 aromatic rings. The fourth-order valence-electron chi connectivity index (χ4n) is 1.47. The molecular weight excluding hydrogens is 234 g/mol. The number of aliphatic hydroxyl groups excluding tert-OH is 1. The highest BCUT2D eigenvalue weighted by Crippen LogP contribution is 2.13. The molecule has 1 aromatic carbocycles. The smallest absolute Gasteiger partial charge is 0.224 e. The maximum Gasteiger partial charge on any atom is 0.224 e. The Morgan fingerprint density at radius 1 is 1.44 bits per heavy atom. The molecule has 7 nitrogen and oxygen atoms in total. The standard InChI is InChI=1S/C11H13N5O2/c17-6-2-5-11(18)13-9-3-1-4-10(7-9)16-8-12-14-15-16/h1,3-4,7-8,17H,2,5-6H2,(H,13,18). The molecule has 2 N–H and O–H groups in total. The zero-order valence-corrected chi connectivity index (χ0v) is 9.65. The molecule has 0 radical (unpaired) electrons. The minimum atomic E-state index is -0.127. The van der Waals surface area contributed by atoms with Crippen molar-refractivity contribution in [3.8, 4) is 5.69 Å². The van der Waals surface area contributed by atoms with Gasteiger partial charge in [-0.25, -0.2) is 4.68 Å². The highest BCUT2D eigenvalue weighted by molar-refractivity contribution is 5.90. The fraction of sp³-hybridized carbons (Fsp3) is 0.273. The average Bonchev–Trinajstić information content (AvgIpc) is 2.90. The summed E-state index contributed by atoms with van der Waals surface area (Å²) < 4.78 is 1.50. The van der Waals surface area contributed by atoms with Gasteiger partial charge in [0, 0.05) is 18.7 Å². The van der Waals surface area contributed by atoms with Crippen molar-refractivity contribution >= 4 is 11.6 Å². The first kappa shape index (κ1) is 12.2. The van der Waals surface area contributed by atoms with E-state index in [1.165, 1.54) is 11.0 Å². The topological polar surface area (TPSA) is 92.9 Å². The molecule has 2 rings (SSSR count). The van der Waals surface area contributed by atoms with E-state index in [4.69, 9.17) is 5.11 Å². The number of carbonyl (C=O) groups is 1. The number of tetrazole rings is 1. The molecule has 7 heteroatoms. The Kier molecular flexibility index (Phi) is 3.98. The first-order valence-electron chi connectivity index (χ1n) is 5.54. The third-order valence-corrected chi connectivity index (χ3v) is 2.31. The lowest BCUT2D eigenvalue weighted by Gasteiger charge is -2.06. The molecule has 18 heavy (non-hydrogen) atoms. The number of nitrogens with zero attached hydrogens (tertiary/aromatic N) is 4. The molecular formula is C11H13N5O2. The van der Waals surface area contributed by atoms with Gasteiger partial charge in [0.25, 0.3) is 0 Å². The van der Waals surface area contributed by atoms with Gasteiger partial charge in [0.1, 0.15) is 6.33 Å². The number of benzene rings is 1. The van der Waals surface area contributed by atoms with Crippen molar-refractivity contribution in [2.45, 2.75) is 12.8 Å². The summed E-state index contributed by atoms with van der Waals surface area (Å²) in [7, 11) is 0. The molecule has 0 saturated carbocycles. The maximum absolute atomic E-state index is 11.5. The Bertz CT molecular complexity index is 512. The van der Waals surface area contributed by atoms with Crippen molar-refractivity contribution in [3.05, 3.63) is 30.6 Å². The second-order valence-corrected chi connectivity index (χ2v) is 3.68. The molecule has 0 aliphatic heterocycles. The molecule has 0 atom stereocenters. The summed E-state index contributed by atoms with van der Waals surface area (Å²) in [6, 6.07) is 7.19. The van der Waals surface area contributed by atoms with Crippen molar-refractivity contribution in [1.82, 2.24) is 20.2 Å². The van der Waals surface area contributed by atoms with Gasteiger partial charge in [-0.1, -0.05) is 6.07 Å². The molecule has 1 heterocycles. The fourth-order valence-corrected chi connectivity index (χ4v) is 1.47. The number of rotatable bonds is 5. The third-order valence-electron chi connectivity index (χ3n) is 2.31. The van der Waals surface area contributed by atoms with Gasteiger partial charge in [0.05, 0.1) is 5.69 Å². The Hall–Kier alpha value is -2.28. The highest BCUT2D eigenvalue weighted by atomic mass is 16.3. The summed E-state index contributed by atoms with van der Waals surface area (Å²) in [5.74, 6) is -0.127. The van der Waals surface area contributed by atoms with E-state index in [0.717, 1.165) is 5.69 Å². The number of aromatic nitrogens is 4. The lowest BCUT2D eigenvalue weighted by molar-refractivity contribution is -0.116. The molecule has 0 spiro atoms. The Labute approximate surface area is 103 Å². The van der Waals surface area contributed by atoms with Crippen molar-refractivity contribution in [2.24, 2.45) is 0 Å². The van der Waals surface area contributed by atoms with Crippen molar-refractivity contribution in [3.63, 3.8) is 0 Å². The van der Waals surface area contributed by atoms with Crippen molar-refractivity contribution in [1.29, 1.82) is 0 Å². The Morgan fingerprint density at radius 3 is 3.06 bits per heavy atom. The largest absolute Gasteiger partial charge is 0.396 e. The number of anilines is 1. The van der Waals surface area contributed by atoms with Crippen LogP contribution in [0.15, 0.2) is 30.6 Å². The van der Waals surface area contributed by atoms with Gasteiger partial charge in [-0.3, -0.25) is 4.79 Å². The van der Waals surface area contributed by atoms with Crippen molar-refractivity contribution < 1.29 is 9.90 Å². The van der Waals surface area contributed by atoms with Gasteiger partial charge in [-0.05, 0) is 35.0 Å². The lowest BCUT2D eigenvalue weighted by Crippen LogP contribution is -2.12. The summed E-state index contributed by atoms with van der Waals surface area (Å²) in [6.45, 7) is 0.0120. The number of amides is 1. The van der Waals surface area contributed by atoms with Crippen LogP contribution in [0.3, 0.4) is 0 Å². The Morgan fingerprint density at radius 2 is 2.33 bits per heavy atom. The molecule has 0 unspecified atom stereocenters. The van der Waals surface area contributed by atoms with E-state index < -0.39 is 0 Å². The van der Waals surface area contributed by atoms with E-state index in [2.05, 4.69) is 20.8 Å². The van der Waals surface area contributed by atoms with E-state index in [0.29, 0.717) is 18.5 Å². The zero-order valence-electron chi connectivity index (χ0n) is 9.65. The van der Waals surface area contributed by atoms with E-state index in [9.17, 15) is 4.79 Å². The van der Waals surface area contributed by atoms with Gasteiger partial charge >= 0.3 is 0 Å². The van der Waals surface area contributed by atoms with Crippen molar-refractivity contribution in [2.75, 3.05) is 11.9 Å². The summed E-state index contributed by atoms with van der Waals surface area (Å²) in [5, 5.41) is 22.3. The summed E-state index contributed by atoms with van der Waals surface area (Å²) in [6.07, 6.45) is 2.23. The normalized spacial score (nSPS) is 10.3. The second-order valence-electron chi connectivity index (χ2n) is 3.68. The van der Waals surface area contributed by atoms with Crippen LogP contribution in [-0.4, -0.2) is 37.8 Å². The van der Waals surface area contributed by atoms with Gasteiger partial charge in [0.2, 0.25) is 5.91 Å². The van der Waals surface area contributed by atoms with Crippen LogP contribution in [-0.2, 0) is 4.79 Å². The van der Waals surface area contributed by atoms with Crippen LogP contribution in [0.5, 0.6) is 0 Å². The van der Waals surface area contributed by atoms with Gasteiger partial charge in [0.15, 0.2) is 0 Å². The first-order chi connectivity index (χ1) is 8.79. The van der Waals surface area contributed by atoms with Gasteiger partial charge in [-0.2, -0.15) is 0 Å². The average molecular weight is 247 g/mol. The van der Waals surface area contributed by atoms with Crippen LogP contribution >= 0.6 is 0 Å². The monoisotopic (exact) mass is 247 g/mol. The second kappa shape index (κ2) is 5.87. The number of nitrogens with one attached hydrogen (secondary N) is 1. The number of hydrogen-bond donors (Lipinski definition) is 2. The van der Waals surface area contributed by atoms with Gasteiger partial charge < -0.3 is 10.4 Å². The number of carbonyl (C=O) groups excluding carboxylic acids is 1. The first-order valence-corrected chi connectivity index (χ1v) is 5.54. The lowest BCUT2D eigenvalue weighted by atomic mass is 10.2. The molecule has 0 aliphatic carbocycles. The van der Waals surface area contributed by atoms with Crippen LogP contribution < -0.4 is 5.32 Å². The van der Waals surface area contributed by atoms with Crippen LogP contribution in [0.25, 0.3) is 5.69 Å². The predicted molar refractivity (Wildman–Crippen MR) is 64.1 cm³/mol. The molecule has 1 amide bonds. The quantitative estimate of drug-likeness (QED) is 0.796. The minimum absolute atomic E-state index is 0.0120. The molecule has 0 saturated heterocycles. The summed E-state index contributed by atoms with van der Waals surface area (Å²) in [5.41, 5.74) is 1.44. The van der Waals surface area contributed by atoms with E-state index >= 15 is 0 Å². The van der Waals surface area contributed by atoms with Crippen LogP contribution in [0.4, 0.5) is 5.69 Å². The zero-order chi connectivity index (χ0) is 12.8. The SMILES string of the molecule is O=C(CCCO)Nc1cccc(-n2cnnn2)c1. The predicted octanol–water partition coefficient (Wildman–Crippen LogP) is 0.373. The Balaban J connectivity index is 2.06. The number of aliphatic hydroxyl groups is 1. The molecule has 0 aliphatic rings. The maximum atomic E-state index is 11.5. The van der Waals surface area contributed by atoms with Crippen LogP contribution in [0.2, 0.25) is 0 Å². The number of hydrogen-bond acceptors (Lipinski definition) is 5. The molecule has 1 aromatic heterocycles. The molecule has 0 fully saturated rings. The van der Waals surface area contributed by atoms with E-state index in [1.807, 2.05) is 6.07 Å². The highest BCUT2D eigenvalue weighted by Gasteiger charge is 2.03. The van der Waals surface area contributed by atoms with Gasteiger partial charge in [-0.15, -0.1) is 5.10 Å². The molecule has 0 bridgehead atoms.